The average molecular weight is 221 g/mol. The molecule has 2 N–H and O–H groups in total. The second kappa shape index (κ2) is 7.91. The van der Waals surface area contributed by atoms with E-state index in [1.807, 2.05) is 30.3 Å². The predicted octanol–water partition coefficient (Wildman–Crippen LogP) is 2.04. The van der Waals surface area contributed by atoms with Crippen molar-refractivity contribution < 1.29 is 9.47 Å². The summed E-state index contributed by atoms with van der Waals surface area (Å²) in [5, 5.41) is 0. The van der Waals surface area contributed by atoms with Crippen LogP contribution >= 0.6 is 0 Å². The molecule has 1 rings (SSSR count). The van der Waals surface area contributed by atoms with Crippen LogP contribution in [0.1, 0.15) is 12.0 Å². The van der Waals surface area contributed by atoms with Crippen LogP contribution in [0.15, 0.2) is 36.9 Å². The monoisotopic (exact) mass is 221 g/mol. The third-order valence-electron chi connectivity index (χ3n) is 2.07. The van der Waals surface area contributed by atoms with Crippen molar-refractivity contribution in [2.75, 3.05) is 26.4 Å². The summed E-state index contributed by atoms with van der Waals surface area (Å²) < 4.78 is 10.7. The summed E-state index contributed by atoms with van der Waals surface area (Å²) >= 11 is 0. The van der Waals surface area contributed by atoms with Crippen molar-refractivity contribution in [3.63, 3.8) is 0 Å². The number of nitrogens with two attached hydrogens (primary N) is 1. The molecular formula is C13H19NO2. The third kappa shape index (κ3) is 4.96. The lowest BCUT2D eigenvalue weighted by atomic mass is 10.2. The molecule has 0 spiro atoms. The smallest absolute Gasteiger partial charge is 0.119 e. The van der Waals surface area contributed by atoms with Gasteiger partial charge >= 0.3 is 0 Å². The molecule has 16 heavy (non-hydrogen) atoms. The maximum atomic E-state index is 5.50. The molecule has 0 aliphatic carbocycles. The second-order valence-electron chi connectivity index (χ2n) is 3.39. The van der Waals surface area contributed by atoms with E-state index >= 15 is 0 Å². The van der Waals surface area contributed by atoms with Gasteiger partial charge in [-0.2, -0.15) is 0 Å². The van der Waals surface area contributed by atoms with Crippen LogP contribution in [0, 0.1) is 0 Å². The van der Waals surface area contributed by atoms with E-state index in [0.717, 1.165) is 12.0 Å². The van der Waals surface area contributed by atoms with E-state index in [1.165, 1.54) is 0 Å². The van der Waals surface area contributed by atoms with E-state index in [2.05, 4.69) is 6.58 Å². The SMILES string of the molecule is C=C(OCCCOCCN)c1ccccc1. The Morgan fingerprint density at radius 2 is 1.88 bits per heavy atom. The number of hydrogen-bond acceptors (Lipinski definition) is 3. The highest BCUT2D eigenvalue weighted by Gasteiger charge is 1.98. The molecule has 0 fully saturated rings. The van der Waals surface area contributed by atoms with Gasteiger partial charge in [-0.3, -0.25) is 0 Å². The zero-order valence-corrected chi connectivity index (χ0v) is 9.52. The molecule has 0 aliphatic rings. The van der Waals surface area contributed by atoms with Crippen molar-refractivity contribution in [2.45, 2.75) is 6.42 Å². The molecule has 0 unspecified atom stereocenters. The van der Waals surface area contributed by atoms with Crippen LogP contribution in [-0.4, -0.2) is 26.4 Å². The van der Waals surface area contributed by atoms with Crippen molar-refractivity contribution >= 4 is 5.76 Å². The fourth-order valence-electron chi connectivity index (χ4n) is 1.25. The van der Waals surface area contributed by atoms with Crippen molar-refractivity contribution in [3.8, 4) is 0 Å². The van der Waals surface area contributed by atoms with Crippen LogP contribution < -0.4 is 5.73 Å². The van der Waals surface area contributed by atoms with Crippen LogP contribution in [0.2, 0.25) is 0 Å². The van der Waals surface area contributed by atoms with Gasteiger partial charge in [0.2, 0.25) is 0 Å². The number of benzene rings is 1. The molecular weight excluding hydrogens is 202 g/mol. The summed E-state index contributed by atoms with van der Waals surface area (Å²) in [6, 6.07) is 9.86. The number of ether oxygens (including phenoxy) is 2. The van der Waals surface area contributed by atoms with Crippen LogP contribution in [0.5, 0.6) is 0 Å². The molecule has 0 amide bonds. The molecule has 1 aromatic carbocycles. The Kier molecular flexibility index (Phi) is 6.30. The van der Waals surface area contributed by atoms with Crippen LogP contribution in [0.3, 0.4) is 0 Å². The van der Waals surface area contributed by atoms with Gasteiger partial charge in [-0.05, 0) is 0 Å². The van der Waals surface area contributed by atoms with E-state index < -0.39 is 0 Å². The molecule has 0 atom stereocenters. The molecule has 3 heteroatoms. The van der Waals surface area contributed by atoms with Gasteiger partial charge in [0.1, 0.15) is 5.76 Å². The fraction of sp³-hybridized carbons (Fsp3) is 0.385. The molecule has 0 aromatic heterocycles. The molecule has 1 aromatic rings. The summed E-state index contributed by atoms with van der Waals surface area (Å²) in [6.07, 6.45) is 0.853. The molecule has 0 saturated heterocycles. The van der Waals surface area contributed by atoms with E-state index in [4.69, 9.17) is 15.2 Å². The molecule has 88 valence electrons. The normalized spacial score (nSPS) is 10.1. The molecule has 3 nitrogen and oxygen atoms in total. The maximum Gasteiger partial charge on any atom is 0.119 e. The Morgan fingerprint density at radius 1 is 1.12 bits per heavy atom. The van der Waals surface area contributed by atoms with E-state index in [-0.39, 0.29) is 0 Å². The Balaban J connectivity index is 2.12. The fourth-order valence-corrected chi connectivity index (χ4v) is 1.25. The molecule has 0 bridgehead atoms. The first-order valence-corrected chi connectivity index (χ1v) is 5.49. The average Bonchev–Trinajstić information content (AvgIpc) is 2.34. The first-order chi connectivity index (χ1) is 7.84. The highest BCUT2D eigenvalue weighted by molar-refractivity contribution is 5.56. The largest absolute Gasteiger partial charge is 0.494 e. The minimum absolute atomic E-state index is 0.567. The van der Waals surface area contributed by atoms with Gasteiger partial charge in [-0.1, -0.05) is 36.9 Å². The van der Waals surface area contributed by atoms with Crippen molar-refractivity contribution in [1.82, 2.24) is 0 Å². The van der Waals surface area contributed by atoms with Gasteiger partial charge in [0, 0.05) is 25.1 Å². The summed E-state index contributed by atoms with van der Waals surface area (Å²) in [5.74, 6) is 0.708. The summed E-state index contributed by atoms with van der Waals surface area (Å²) in [6.45, 7) is 6.36. The van der Waals surface area contributed by atoms with Crippen molar-refractivity contribution in [1.29, 1.82) is 0 Å². The Bertz CT molecular complexity index is 298. The zero-order valence-electron chi connectivity index (χ0n) is 9.52. The van der Waals surface area contributed by atoms with Gasteiger partial charge in [-0.15, -0.1) is 0 Å². The van der Waals surface area contributed by atoms with Gasteiger partial charge in [0.05, 0.1) is 13.2 Å². The Morgan fingerprint density at radius 3 is 2.56 bits per heavy atom. The van der Waals surface area contributed by atoms with Crippen molar-refractivity contribution in [3.05, 3.63) is 42.5 Å². The Labute approximate surface area is 96.9 Å². The lowest BCUT2D eigenvalue weighted by molar-refractivity contribution is 0.121. The first kappa shape index (κ1) is 12.7. The quantitative estimate of drug-likeness (QED) is 0.539. The predicted molar refractivity (Wildman–Crippen MR) is 65.9 cm³/mol. The number of hydrogen-bond donors (Lipinski definition) is 1. The van der Waals surface area contributed by atoms with Gasteiger partial charge in [0.15, 0.2) is 0 Å². The van der Waals surface area contributed by atoms with E-state index in [9.17, 15) is 0 Å². The minimum Gasteiger partial charge on any atom is -0.494 e. The van der Waals surface area contributed by atoms with Crippen LogP contribution in [0.4, 0.5) is 0 Å². The molecule has 0 aliphatic heterocycles. The third-order valence-corrected chi connectivity index (χ3v) is 2.07. The molecule has 0 heterocycles. The first-order valence-electron chi connectivity index (χ1n) is 5.49. The highest BCUT2D eigenvalue weighted by atomic mass is 16.5. The van der Waals surface area contributed by atoms with Gasteiger partial charge in [-0.25, -0.2) is 0 Å². The summed E-state index contributed by atoms with van der Waals surface area (Å²) in [5.41, 5.74) is 6.32. The highest BCUT2D eigenvalue weighted by Crippen LogP contribution is 2.12. The summed E-state index contributed by atoms with van der Waals surface area (Å²) in [7, 11) is 0. The van der Waals surface area contributed by atoms with Crippen molar-refractivity contribution in [2.24, 2.45) is 5.73 Å². The topological polar surface area (TPSA) is 44.5 Å². The lowest BCUT2D eigenvalue weighted by Crippen LogP contribution is -2.10. The summed E-state index contributed by atoms with van der Waals surface area (Å²) in [4.78, 5) is 0. The minimum atomic E-state index is 0.567. The van der Waals surface area contributed by atoms with Crippen LogP contribution in [-0.2, 0) is 9.47 Å². The van der Waals surface area contributed by atoms with E-state index in [0.29, 0.717) is 32.1 Å². The number of rotatable bonds is 8. The second-order valence-corrected chi connectivity index (χ2v) is 3.39. The van der Waals surface area contributed by atoms with Gasteiger partial charge in [0.25, 0.3) is 0 Å². The van der Waals surface area contributed by atoms with Gasteiger partial charge < -0.3 is 15.2 Å². The zero-order chi connectivity index (χ0) is 11.6. The maximum absolute atomic E-state index is 5.50. The molecule has 0 saturated carbocycles. The van der Waals surface area contributed by atoms with E-state index in [1.54, 1.807) is 0 Å². The Hall–Kier alpha value is -1.32. The standard InChI is InChI=1S/C13H19NO2/c1-12(13-6-3-2-4-7-13)16-10-5-9-15-11-8-14/h2-4,6-7H,1,5,8-11,14H2. The lowest BCUT2D eigenvalue weighted by Gasteiger charge is -2.09. The molecule has 0 radical (unpaired) electrons. The van der Waals surface area contributed by atoms with Crippen LogP contribution in [0.25, 0.3) is 5.76 Å².